The third-order valence-corrected chi connectivity index (χ3v) is 3.97. The molecule has 152 valence electrons. The molecule has 0 bridgehead atoms. The molecule has 0 aliphatic rings. The van der Waals surface area contributed by atoms with Crippen LogP contribution in [-0.2, 0) is 18.2 Å². The van der Waals surface area contributed by atoms with Crippen LogP contribution in [0.2, 0.25) is 5.02 Å². The van der Waals surface area contributed by atoms with E-state index >= 15 is 0 Å². The highest BCUT2D eigenvalue weighted by Crippen LogP contribution is 2.28. The van der Waals surface area contributed by atoms with Crippen LogP contribution in [0.4, 0.5) is 11.4 Å². The SMILES string of the molecule is CCOCn1cc(NC(=O)c2ccn(COc3ccc([N+](=O)[O-])cc3Cl)n2)cn1. The van der Waals surface area contributed by atoms with Crippen LogP contribution in [0.5, 0.6) is 5.75 Å². The maximum absolute atomic E-state index is 12.3. The standard InChI is InChI=1S/C17H17ClN6O5/c1-2-28-10-23-9-12(8-19-23)20-17(25)15-5-6-22(21-15)11-29-16-4-3-13(24(26)27)7-14(16)18/h3-9H,2,10-11H2,1H3,(H,20,25). The molecule has 1 aromatic carbocycles. The van der Waals surface area contributed by atoms with Crippen molar-refractivity contribution in [3.63, 3.8) is 0 Å². The Balaban J connectivity index is 1.57. The zero-order chi connectivity index (χ0) is 20.8. The number of aromatic nitrogens is 4. The Morgan fingerprint density at radius 1 is 1.31 bits per heavy atom. The molecular weight excluding hydrogens is 404 g/mol. The number of nitrogens with one attached hydrogen (secondary N) is 1. The monoisotopic (exact) mass is 420 g/mol. The van der Waals surface area contributed by atoms with Gasteiger partial charge in [-0.1, -0.05) is 11.6 Å². The fraction of sp³-hybridized carbons (Fsp3) is 0.235. The minimum atomic E-state index is -0.547. The summed E-state index contributed by atoms with van der Waals surface area (Å²) in [6.45, 7) is 2.70. The third kappa shape index (κ3) is 5.30. The molecule has 2 aromatic heterocycles. The quantitative estimate of drug-likeness (QED) is 0.416. The fourth-order valence-electron chi connectivity index (χ4n) is 2.29. The van der Waals surface area contributed by atoms with Crippen molar-refractivity contribution in [2.24, 2.45) is 0 Å². The summed E-state index contributed by atoms with van der Waals surface area (Å²) in [6, 6.07) is 5.41. The average molecular weight is 421 g/mol. The number of non-ortho nitro benzene ring substituents is 1. The molecule has 0 radical (unpaired) electrons. The van der Waals surface area contributed by atoms with Crippen LogP contribution >= 0.6 is 11.6 Å². The van der Waals surface area contributed by atoms with Crippen molar-refractivity contribution in [2.45, 2.75) is 20.4 Å². The molecule has 1 N–H and O–H groups in total. The average Bonchev–Trinajstić information content (AvgIpc) is 3.34. The maximum atomic E-state index is 12.3. The number of carbonyl (C=O) groups is 1. The third-order valence-electron chi connectivity index (χ3n) is 3.67. The van der Waals surface area contributed by atoms with E-state index in [1.807, 2.05) is 6.92 Å². The molecule has 0 spiro atoms. The first kappa shape index (κ1) is 20.3. The lowest BCUT2D eigenvalue weighted by molar-refractivity contribution is -0.384. The lowest BCUT2D eigenvalue weighted by Gasteiger charge is -2.07. The Bertz CT molecular complexity index is 1020. The minimum absolute atomic E-state index is 0.0307. The van der Waals surface area contributed by atoms with Gasteiger partial charge in [-0.3, -0.25) is 14.9 Å². The van der Waals surface area contributed by atoms with Crippen LogP contribution in [0.1, 0.15) is 17.4 Å². The Morgan fingerprint density at radius 3 is 2.86 bits per heavy atom. The van der Waals surface area contributed by atoms with E-state index in [4.69, 9.17) is 21.1 Å². The molecular formula is C17H17ClN6O5. The summed E-state index contributed by atoms with van der Waals surface area (Å²) < 4.78 is 13.7. The van der Waals surface area contributed by atoms with Crippen LogP contribution in [0.3, 0.4) is 0 Å². The maximum Gasteiger partial charge on any atom is 0.276 e. The predicted octanol–water partition coefficient (Wildman–Crippen LogP) is 2.92. The summed E-state index contributed by atoms with van der Waals surface area (Å²) in [5.74, 6) is -0.145. The van der Waals surface area contributed by atoms with Gasteiger partial charge in [-0.2, -0.15) is 10.2 Å². The second-order valence-electron chi connectivity index (χ2n) is 5.73. The number of benzene rings is 1. The van der Waals surface area contributed by atoms with Gasteiger partial charge in [0, 0.05) is 24.9 Å². The van der Waals surface area contributed by atoms with Crippen LogP contribution in [0.25, 0.3) is 0 Å². The Kier molecular flexibility index (Phi) is 6.42. The number of nitro groups is 1. The largest absolute Gasteiger partial charge is 0.470 e. The molecule has 0 atom stereocenters. The van der Waals surface area contributed by atoms with Crippen molar-refractivity contribution < 1.29 is 19.2 Å². The molecule has 3 aromatic rings. The molecule has 12 heteroatoms. The zero-order valence-electron chi connectivity index (χ0n) is 15.3. The number of ether oxygens (including phenoxy) is 2. The van der Waals surface area contributed by atoms with Crippen molar-refractivity contribution >= 4 is 28.9 Å². The first-order chi connectivity index (χ1) is 14.0. The highest BCUT2D eigenvalue weighted by Gasteiger charge is 2.13. The highest BCUT2D eigenvalue weighted by molar-refractivity contribution is 6.32. The van der Waals surface area contributed by atoms with E-state index in [-0.39, 0.29) is 28.9 Å². The number of nitro benzene ring substituents is 1. The van der Waals surface area contributed by atoms with E-state index in [0.717, 1.165) is 0 Å². The van der Waals surface area contributed by atoms with Crippen molar-refractivity contribution in [2.75, 3.05) is 11.9 Å². The molecule has 0 aliphatic heterocycles. The molecule has 1 amide bonds. The zero-order valence-corrected chi connectivity index (χ0v) is 16.1. The van der Waals surface area contributed by atoms with Gasteiger partial charge in [0.15, 0.2) is 12.4 Å². The Labute approximate surface area is 169 Å². The number of carbonyl (C=O) groups excluding carboxylic acids is 1. The number of anilines is 1. The van der Waals surface area contributed by atoms with Crippen LogP contribution < -0.4 is 10.1 Å². The number of rotatable bonds is 9. The molecule has 0 fully saturated rings. The van der Waals surface area contributed by atoms with Gasteiger partial charge in [-0.25, -0.2) is 9.36 Å². The molecule has 2 heterocycles. The lowest BCUT2D eigenvalue weighted by Crippen LogP contribution is -2.14. The smallest absolute Gasteiger partial charge is 0.276 e. The number of hydrogen-bond acceptors (Lipinski definition) is 7. The first-order valence-electron chi connectivity index (χ1n) is 8.48. The van der Waals surface area contributed by atoms with Gasteiger partial charge in [-0.15, -0.1) is 0 Å². The van der Waals surface area contributed by atoms with Gasteiger partial charge in [0.1, 0.15) is 12.5 Å². The van der Waals surface area contributed by atoms with E-state index in [1.54, 1.807) is 17.1 Å². The second-order valence-corrected chi connectivity index (χ2v) is 6.14. The fourth-order valence-corrected chi connectivity index (χ4v) is 2.52. The predicted molar refractivity (Wildman–Crippen MR) is 103 cm³/mol. The minimum Gasteiger partial charge on any atom is -0.470 e. The van der Waals surface area contributed by atoms with Gasteiger partial charge in [0.25, 0.3) is 11.6 Å². The summed E-state index contributed by atoms with van der Waals surface area (Å²) in [5, 5.41) is 21.7. The lowest BCUT2D eigenvalue weighted by atomic mass is 10.3. The first-order valence-corrected chi connectivity index (χ1v) is 8.86. The molecule has 29 heavy (non-hydrogen) atoms. The Morgan fingerprint density at radius 2 is 2.14 bits per heavy atom. The normalized spacial score (nSPS) is 10.7. The second kappa shape index (κ2) is 9.17. The van der Waals surface area contributed by atoms with E-state index in [0.29, 0.717) is 19.0 Å². The Hall–Kier alpha value is -3.44. The van der Waals surface area contributed by atoms with Gasteiger partial charge in [-0.05, 0) is 19.1 Å². The molecule has 11 nitrogen and oxygen atoms in total. The van der Waals surface area contributed by atoms with E-state index in [1.165, 1.54) is 35.1 Å². The molecule has 3 rings (SSSR count). The summed E-state index contributed by atoms with van der Waals surface area (Å²) in [4.78, 5) is 22.5. The highest BCUT2D eigenvalue weighted by atomic mass is 35.5. The summed E-state index contributed by atoms with van der Waals surface area (Å²) in [7, 11) is 0. The summed E-state index contributed by atoms with van der Waals surface area (Å²) in [6.07, 6.45) is 4.71. The number of halogens is 1. The van der Waals surface area contributed by atoms with E-state index in [9.17, 15) is 14.9 Å². The summed E-state index contributed by atoms with van der Waals surface area (Å²) in [5.41, 5.74) is 0.559. The number of hydrogen-bond donors (Lipinski definition) is 1. The van der Waals surface area contributed by atoms with Gasteiger partial charge in [0.2, 0.25) is 0 Å². The van der Waals surface area contributed by atoms with Crippen LogP contribution in [0, 0.1) is 10.1 Å². The van der Waals surface area contributed by atoms with Crippen LogP contribution in [0.15, 0.2) is 42.9 Å². The van der Waals surface area contributed by atoms with Gasteiger partial charge < -0.3 is 14.8 Å². The topological polar surface area (TPSA) is 126 Å². The van der Waals surface area contributed by atoms with Crippen molar-refractivity contribution in [1.29, 1.82) is 0 Å². The number of amides is 1. The molecule has 0 unspecified atom stereocenters. The van der Waals surface area contributed by atoms with E-state index in [2.05, 4.69) is 15.5 Å². The van der Waals surface area contributed by atoms with Crippen molar-refractivity contribution in [3.8, 4) is 5.75 Å². The van der Waals surface area contributed by atoms with E-state index < -0.39 is 10.8 Å². The van der Waals surface area contributed by atoms with Gasteiger partial charge in [0.05, 0.1) is 28.0 Å². The van der Waals surface area contributed by atoms with Crippen molar-refractivity contribution in [3.05, 3.63) is 63.7 Å². The number of nitrogens with zero attached hydrogens (tertiary/aromatic N) is 5. The molecule has 0 saturated carbocycles. The van der Waals surface area contributed by atoms with Gasteiger partial charge >= 0.3 is 0 Å². The summed E-state index contributed by atoms with van der Waals surface area (Å²) >= 11 is 5.98. The molecule has 0 aliphatic carbocycles. The van der Waals surface area contributed by atoms with Crippen LogP contribution in [-0.4, -0.2) is 37.0 Å². The van der Waals surface area contributed by atoms with Crippen molar-refractivity contribution in [1.82, 2.24) is 19.6 Å². The molecule has 0 saturated heterocycles.